The summed E-state index contributed by atoms with van der Waals surface area (Å²) in [5, 5.41) is 3.32. The van der Waals surface area contributed by atoms with Crippen LogP contribution >= 0.6 is 0 Å². The highest BCUT2D eigenvalue weighted by atomic mass is 16.5. The van der Waals surface area contributed by atoms with Crippen molar-refractivity contribution in [2.45, 2.75) is 76.9 Å². The van der Waals surface area contributed by atoms with E-state index < -0.39 is 0 Å². The predicted molar refractivity (Wildman–Crippen MR) is 113 cm³/mol. The van der Waals surface area contributed by atoms with E-state index in [1.54, 1.807) is 0 Å². The van der Waals surface area contributed by atoms with E-state index in [0.717, 1.165) is 37.0 Å². The fourth-order valence-electron chi connectivity index (χ4n) is 4.73. The number of para-hydroxylation sites is 1. The third-order valence-corrected chi connectivity index (χ3v) is 6.51. The van der Waals surface area contributed by atoms with Crippen molar-refractivity contribution >= 4 is 5.91 Å². The molecule has 2 aromatic rings. The zero-order valence-electron chi connectivity index (χ0n) is 17.1. The Morgan fingerprint density at radius 1 is 1.07 bits per heavy atom. The minimum absolute atomic E-state index is 0.0512. The fraction of sp³-hybridized carbons (Fsp3) is 0.480. The Balaban J connectivity index is 1.44. The molecule has 0 radical (unpaired) electrons. The lowest BCUT2D eigenvalue weighted by atomic mass is 9.77. The van der Waals surface area contributed by atoms with Gasteiger partial charge >= 0.3 is 0 Å². The molecule has 1 aliphatic heterocycles. The number of amides is 1. The highest BCUT2D eigenvalue weighted by Crippen LogP contribution is 2.46. The number of rotatable bonds is 4. The second kappa shape index (κ2) is 7.98. The van der Waals surface area contributed by atoms with Gasteiger partial charge in [0, 0.05) is 18.4 Å². The molecule has 1 atom stereocenters. The lowest BCUT2D eigenvalue weighted by Crippen LogP contribution is -2.46. The fourth-order valence-corrected chi connectivity index (χ4v) is 4.73. The van der Waals surface area contributed by atoms with Crippen LogP contribution in [0.25, 0.3) is 0 Å². The maximum atomic E-state index is 12.8. The highest BCUT2D eigenvalue weighted by molar-refractivity contribution is 5.77. The van der Waals surface area contributed by atoms with Crippen molar-refractivity contribution in [3.8, 4) is 5.75 Å². The van der Waals surface area contributed by atoms with Crippen LogP contribution in [-0.4, -0.2) is 11.5 Å². The minimum Gasteiger partial charge on any atom is -0.487 e. The topological polar surface area (TPSA) is 38.3 Å². The van der Waals surface area contributed by atoms with E-state index in [9.17, 15) is 4.79 Å². The number of hydrogen-bond acceptors (Lipinski definition) is 2. The molecule has 2 aliphatic rings. The zero-order valence-corrected chi connectivity index (χ0v) is 17.1. The van der Waals surface area contributed by atoms with E-state index in [2.05, 4.69) is 49.5 Å². The SMILES string of the molecule is Cc1ccc(CCC(=O)N[C@@H]2CC3(CCCCC3)Oc3ccccc32)cc1C. The maximum Gasteiger partial charge on any atom is 0.220 e. The van der Waals surface area contributed by atoms with Crippen LogP contribution < -0.4 is 10.1 Å². The van der Waals surface area contributed by atoms with Crippen LogP contribution in [0.4, 0.5) is 0 Å². The van der Waals surface area contributed by atoms with Crippen molar-refractivity contribution in [3.05, 3.63) is 64.7 Å². The average Bonchev–Trinajstić information content (AvgIpc) is 2.69. The molecule has 3 heteroatoms. The van der Waals surface area contributed by atoms with Gasteiger partial charge in [0.15, 0.2) is 0 Å². The summed E-state index contributed by atoms with van der Waals surface area (Å²) < 4.78 is 6.47. The standard InChI is InChI=1S/C25H31NO2/c1-18-10-11-20(16-19(18)2)12-13-24(27)26-22-17-25(14-6-3-7-15-25)28-23-9-5-4-8-21(22)23/h4-5,8-11,16,22H,3,6-7,12-15,17H2,1-2H3,(H,26,27)/t22-/m1/s1. The van der Waals surface area contributed by atoms with Gasteiger partial charge in [0.2, 0.25) is 5.91 Å². The van der Waals surface area contributed by atoms with Gasteiger partial charge in [-0.3, -0.25) is 4.79 Å². The van der Waals surface area contributed by atoms with Crippen molar-refractivity contribution < 1.29 is 9.53 Å². The number of carbonyl (C=O) groups excluding carboxylic acids is 1. The molecule has 1 aliphatic carbocycles. The predicted octanol–water partition coefficient (Wildman–Crippen LogP) is 5.58. The van der Waals surface area contributed by atoms with Crippen LogP contribution in [0.2, 0.25) is 0 Å². The molecule has 1 heterocycles. The quantitative estimate of drug-likeness (QED) is 0.755. The van der Waals surface area contributed by atoms with Crippen LogP contribution in [0.15, 0.2) is 42.5 Å². The molecule has 1 spiro atoms. The van der Waals surface area contributed by atoms with E-state index >= 15 is 0 Å². The summed E-state index contributed by atoms with van der Waals surface area (Å²) >= 11 is 0. The molecule has 4 rings (SSSR count). The number of ether oxygens (including phenoxy) is 1. The van der Waals surface area contributed by atoms with Gasteiger partial charge in [-0.15, -0.1) is 0 Å². The normalized spacial score (nSPS) is 20.3. The third kappa shape index (κ3) is 4.09. The summed E-state index contributed by atoms with van der Waals surface area (Å²) in [6.07, 6.45) is 8.11. The molecule has 0 saturated heterocycles. The molecule has 148 valence electrons. The Morgan fingerprint density at radius 2 is 1.86 bits per heavy atom. The first-order chi connectivity index (χ1) is 13.5. The van der Waals surface area contributed by atoms with E-state index in [1.165, 1.54) is 36.0 Å². The van der Waals surface area contributed by atoms with Gasteiger partial charge in [-0.05, 0) is 68.7 Å². The zero-order chi connectivity index (χ0) is 19.6. The van der Waals surface area contributed by atoms with Crippen LogP contribution in [0.5, 0.6) is 5.75 Å². The first kappa shape index (κ1) is 19.0. The summed E-state index contributed by atoms with van der Waals surface area (Å²) in [4.78, 5) is 12.8. The molecule has 0 unspecified atom stereocenters. The van der Waals surface area contributed by atoms with Crippen LogP contribution in [-0.2, 0) is 11.2 Å². The van der Waals surface area contributed by atoms with Crippen molar-refractivity contribution in [2.24, 2.45) is 0 Å². The van der Waals surface area contributed by atoms with Gasteiger partial charge in [0.05, 0.1) is 6.04 Å². The molecular weight excluding hydrogens is 346 g/mol. The number of hydrogen-bond donors (Lipinski definition) is 1. The second-order valence-corrected chi connectivity index (χ2v) is 8.63. The molecule has 1 N–H and O–H groups in total. The average molecular weight is 378 g/mol. The lowest BCUT2D eigenvalue weighted by Gasteiger charge is -2.44. The maximum absolute atomic E-state index is 12.8. The van der Waals surface area contributed by atoms with E-state index in [1.807, 2.05) is 12.1 Å². The first-order valence-corrected chi connectivity index (χ1v) is 10.7. The van der Waals surface area contributed by atoms with Crippen LogP contribution in [0, 0.1) is 13.8 Å². The Labute approximate surface area is 168 Å². The summed E-state index contributed by atoms with van der Waals surface area (Å²) in [6, 6.07) is 14.7. The molecule has 0 bridgehead atoms. The van der Waals surface area contributed by atoms with Gasteiger partial charge in [-0.25, -0.2) is 0 Å². The Kier molecular flexibility index (Phi) is 5.43. The van der Waals surface area contributed by atoms with Crippen LogP contribution in [0.3, 0.4) is 0 Å². The molecule has 0 aromatic heterocycles. The number of nitrogens with one attached hydrogen (secondary N) is 1. The minimum atomic E-state index is -0.0986. The summed E-state index contributed by atoms with van der Waals surface area (Å²) in [5.74, 6) is 1.08. The molecular formula is C25H31NO2. The van der Waals surface area contributed by atoms with E-state index in [-0.39, 0.29) is 17.6 Å². The third-order valence-electron chi connectivity index (χ3n) is 6.51. The van der Waals surface area contributed by atoms with Gasteiger partial charge in [-0.1, -0.05) is 42.8 Å². The van der Waals surface area contributed by atoms with E-state index in [4.69, 9.17) is 4.74 Å². The number of benzene rings is 2. The summed E-state index contributed by atoms with van der Waals surface area (Å²) in [5.41, 5.74) is 4.84. The Bertz CT molecular complexity index is 851. The lowest BCUT2D eigenvalue weighted by molar-refractivity contribution is -0.122. The number of fused-ring (bicyclic) bond motifs is 1. The van der Waals surface area contributed by atoms with Crippen molar-refractivity contribution in [1.82, 2.24) is 5.32 Å². The molecule has 1 saturated carbocycles. The first-order valence-electron chi connectivity index (χ1n) is 10.7. The van der Waals surface area contributed by atoms with Crippen molar-refractivity contribution in [2.75, 3.05) is 0 Å². The highest BCUT2D eigenvalue weighted by Gasteiger charge is 2.42. The van der Waals surface area contributed by atoms with Gasteiger partial charge in [-0.2, -0.15) is 0 Å². The Hall–Kier alpha value is -2.29. The smallest absolute Gasteiger partial charge is 0.220 e. The molecule has 28 heavy (non-hydrogen) atoms. The van der Waals surface area contributed by atoms with Gasteiger partial charge in [0.1, 0.15) is 11.4 Å². The van der Waals surface area contributed by atoms with Crippen LogP contribution in [0.1, 0.15) is 73.2 Å². The summed E-state index contributed by atoms with van der Waals surface area (Å²) in [7, 11) is 0. The molecule has 1 fully saturated rings. The number of aryl methyl sites for hydroxylation is 3. The van der Waals surface area contributed by atoms with Crippen molar-refractivity contribution in [1.29, 1.82) is 0 Å². The van der Waals surface area contributed by atoms with E-state index in [0.29, 0.717) is 6.42 Å². The number of carbonyl (C=O) groups is 1. The monoisotopic (exact) mass is 377 g/mol. The van der Waals surface area contributed by atoms with Gasteiger partial charge in [0.25, 0.3) is 0 Å². The molecule has 2 aromatic carbocycles. The van der Waals surface area contributed by atoms with Crippen molar-refractivity contribution in [3.63, 3.8) is 0 Å². The van der Waals surface area contributed by atoms with Gasteiger partial charge < -0.3 is 10.1 Å². The Morgan fingerprint density at radius 3 is 2.64 bits per heavy atom. The summed E-state index contributed by atoms with van der Waals surface area (Å²) in [6.45, 7) is 4.25. The second-order valence-electron chi connectivity index (χ2n) is 8.63. The largest absolute Gasteiger partial charge is 0.487 e. The molecule has 1 amide bonds. The molecule has 3 nitrogen and oxygen atoms in total.